The molecule has 0 spiro atoms. The number of rotatable bonds is 7. The molecule has 1 fully saturated rings. The number of hydrogen-bond donors (Lipinski definition) is 3. The normalized spacial score (nSPS) is 17.3. The molecular weight excluding hydrogens is 238 g/mol. The van der Waals surface area contributed by atoms with Crippen LogP contribution in [0.5, 0.6) is 0 Å². The van der Waals surface area contributed by atoms with Gasteiger partial charge in [-0.2, -0.15) is 0 Å². The van der Waals surface area contributed by atoms with Crippen molar-refractivity contribution in [1.29, 1.82) is 0 Å². The quantitative estimate of drug-likeness (QED) is 0.631. The molecule has 0 unspecified atom stereocenters. The van der Waals surface area contributed by atoms with Crippen LogP contribution in [0.25, 0.3) is 0 Å². The van der Waals surface area contributed by atoms with Crippen LogP contribution in [0.2, 0.25) is 0 Å². The van der Waals surface area contributed by atoms with Crippen molar-refractivity contribution in [3.8, 4) is 0 Å². The van der Waals surface area contributed by atoms with Crippen LogP contribution in [0.4, 0.5) is 0 Å². The fourth-order valence-electron chi connectivity index (χ4n) is 2.57. The predicted molar refractivity (Wildman–Crippen MR) is 63.0 cm³/mol. The molecule has 18 heavy (non-hydrogen) atoms. The molecule has 6 heteroatoms. The van der Waals surface area contributed by atoms with Gasteiger partial charge in [-0.1, -0.05) is 12.8 Å². The maximum Gasteiger partial charge on any atom is 0.305 e. The van der Waals surface area contributed by atoms with Crippen molar-refractivity contribution in [2.24, 2.45) is 5.41 Å². The Morgan fingerprint density at radius 2 is 1.61 bits per heavy atom. The fourth-order valence-corrected chi connectivity index (χ4v) is 2.57. The van der Waals surface area contributed by atoms with Crippen molar-refractivity contribution in [2.45, 2.75) is 44.9 Å². The largest absolute Gasteiger partial charge is 0.481 e. The number of amides is 1. The monoisotopic (exact) mass is 257 g/mol. The topological polar surface area (TPSA) is 104 Å². The Labute approximate surface area is 105 Å². The van der Waals surface area contributed by atoms with Crippen LogP contribution in [0.1, 0.15) is 44.9 Å². The molecule has 0 heterocycles. The first-order valence-corrected chi connectivity index (χ1v) is 6.14. The molecule has 1 aliphatic rings. The fraction of sp³-hybridized carbons (Fsp3) is 0.750. The van der Waals surface area contributed by atoms with Gasteiger partial charge in [0.25, 0.3) is 0 Å². The average molecular weight is 257 g/mol. The van der Waals surface area contributed by atoms with E-state index in [1.807, 2.05) is 0 Å². The van der Waals surface area contributed by atoms with Crippen LogP contribution in [0, 0.1) is 5.41 Å². The number of nitrogens with one attached hydrogen (secondary N) is 1. The van der Waals surface area contributed by atoms with E-state index in [0.717, 1.165) is 25.7 Å². The minimum Gasteiger partial charge on any atom is -0.481 e. The molecule has 1 amide bonds. The Morgan fingerprint density at radius 1 is 1.00 bits per heavy atom. The van der Waals surface area contributed by atoms with E-state index in [1.165, 1.54) is 0 Å². The summed E-state index contributed by atoms with van der Waals surface area (Å²) in [7, 11) is 0. The number of carbonyl (C=O) groups excluding carboxylic acids is 1. The number of carbonyl (C=O) groups is 3. The van der Waals surface area contributed by atoms with Gasteiger partial charge in [0.2, 0.25) is 5.91 Å². The second kappa shape index (κ2) is 6.37. The zero-order valence-corrected chi connectivity index (χ0v) is 10.3. The van der Waals surface area contributed by atoms with Crippen molar-refractivity contribution >= 4 is 17.8 Å². The highest BCUT2D eigenvalue weighted by Gasteiger charge is 2.37. The first kappa shape index (κ1) is 14.5. The van der Waals surface area contributed by atoms with E-state index in [1.54, 1.807) is 0 Å². The van der Waals surface area contributed by atoms with Gasteiger partial charge in [0.05, 0.1) is 12.8 Å². The maximum atomic E-state index is 11.7. The van der Waals surface area contributed by atoms with Crippen LogP contribution < -0.4 is 5.32 Å². The highest BCUT2D eigenvalue weighted by atomic mass is 16.4. The lowest BCUT2D eigenvalue weighted by Crippen LogP contribution is -2.33. The Hall–Kier alpha value is -1.59. The summed E-state index contributed by atoms with van der Waals surface area (Å²) < 4.78 is 0. The minimum absolute atomic E-state index is 0.0132. The molecule has 0 aromatic carbocycles. The Balaban J connectivity index is 2.43. The molecule has 0 atom stereocenters. The third-order valence-corrected chi connectivity index (χ3v) is 3.39. The minimum atomic E-state index is -0.962. The SMILES string of the molecule is O=C(O)CCNC(=O)CC1(CC(=O)O)CCCC1. The number of carboxylic acids is 2. The molecular formula is C12H19NO5. The van der Waals surface area contributed by atoms with E-state index in [4.69, 9.17) is 10.2 Å². The molecule has 1 rings (SSSR count). The zero-order chi connectivity index (χ0) is 13.6. The lowest BCUT2D eigenvalue weighted by atomic mass is 9.79. The van der Waals surface area contributed by atoms with Gasteiger partial charge in [0.15, 0.2) is 0 Å². The molecule has 0 saturated heterocycles. The molecule has 3 N–H and O–H groups in total. The third kappa shape index (κ3) is 4.73. The van der Waals surface area contributed by atoms with E-state index in [-0.39, 0.29) is 31.7 Å². The summed E-state index contributed by atoms with van der Waals surface area (Å²) in [6.07, 6.45) is 3.50. The van der Waals surface area contributed by atoms with Gasteiger partial charge in [-0.05, 0) is 18.3 Å². The molecule has 1 saturated carbocycles. The Morgan fingerprint density at radius 3 is 2.11 bits per heavy atom. The van der Waals surface area contributed by atoms with E-state index in [2.05, 4.69) is 5.32 Å². The molecule has 0 radical (unpaired) electrons. The molecule has 0 aromatic rings. The second-order valence-corrected chi connectivity index (χ2v) is 4.95. The van der Waals surface area contributed by atoms with Crippen LogP contribution in [-0.4, -0.2) is 34.6 Å². The molecule has 102 valence electrons. The second-order valence-electron chi connectivity index (χ2n) is 4.95. The third-order valence-electron chi connectivity index (χ3n) is 3.39. The standard InChI is InChI=1S/C12H19NO5/c14-9(13-6-3-10(15)16)7-12(8-11(17)18)4-1-2-5-12/h1-8H2,(H,13,14)(H,15,16)(H,17,18). The summed E-state index contributed by atoms with van der Waals surface area (Å²) in [6.45, 7) is 0.0946. The molecule has 6 nitrogen and oxygen atoms in total. The van der Waals surface area contributed by atoms with Crippen LogP contribution in [0.15, 0.2) is 0 Å². The summed E-state index contributed by atoms with van der Waals surface area (Å²) in [4.78, 5) is 32.8. The van der Waals surface area contributed by atoms with E-state index in [0.29, 0.717) is 0 Å². The van der Waals surface area contributed by atoms with Gasteiger partial charge >= 0.3 is 11.9 Å². The van der Waals surface area contributed by atoms with Crippen molar-refractivity contribution in [3.63, 3.8) is 0 Å². The van der Waals surface area contributed by atoms with E-state index in [9.17, 15) is 14.4 Å². The van der Waals surface area contributed by atoms with Gasteiger partial charge in [-0.15, -0.1) is 0 Å². The summed E-state index contributed by atoms with van der Waals surface area (Å²) in [5.41, 5.74) is -0.431. The summed E-state index contributed by atoms with van der Waals surface area (Å²) in [6, 6.07) is 0. The zero-order valence-electron chi connectivity index (χ0n) is 10.3. The highest BCUT2D eigenvalue weighted by molar-refractivity contribution is 5.78. The van der Waals surface area contributed by atoms with E-state index < -0.39 is 17.4 Å². The lowest BCUT2D eigenvalue weighted by Gasteiger charge is -2.26. The summed E-state index contributed by atoms with van der Waals surface area (Å²) in [5.74, 6) is -2.09. The van der Waals surface area contributed by atoms with Crippen molar-refractivity contribution < 1.29 is 24.6 Å². The van der Waals surface area contributed by atoms with Gasteiger partial charge < -0.3 is 15.5 Å². The molecule has 0 bridgehead atoms. The smallest absolute Gasteiger partial charge is 0.305 e. The van der Waals surface area contributed by atoms with Gasteiger partial charge in [0.1, 0.15) is 0 Å². The summed E-state index contributed by atoms with van der Waals surface area (Å²) >= 11 is 0. The Bertz CT molecular complexity index is 333. The number of carboxylic acid groups (broad SMARTS) is 2. The first-order valence-electron chi connectivity index (χ1n) is 6.14. The number of aliphatic carboxylic acids is 2. The lowest BCUT2D eigenvalue weighted by molar-refractivity contribution is -0.140. The van der Waals surface area contributed by atoms with Crippen molar-refractivity contribution in [1.82, 2.24) is 5.32 Å². The molecule has 0 aliphatic heterocycles. The van der Waals surface area contributed by atoms with Crippen molar-refractivity contribution in [3.05, 3.63) is 0 Å². The molecule has 1 aliphatic carbocycles. The van der Waals surface area contributed by atoms with Crippen LogP contribution in [0.3, 0.4) is 0 Å². The van der Waals surface area contributed by atoms with Crippen LogP contribution >= 0.6 is 0 Å². The maximum absolute atomic E-state index is 11.7. The van der Waals surface area contributed by atoms with Crippen LogP contribution in [-0.2, 0) is 14.4 Å². The van der Waals surface area contributed by atoms with Gasteiger partial charge in [-0.3, -0.25) is 14.4 Å². The number of hydrogen-bond acceptors (Lipinski definition) is 3. The first-order chi connectivity index (χ1) is 8.43. The average Bonchev–Trinajstić information content (AvgIpc) is 2.64. The van der Waals surface area contributed by atoms with Gasteiger partial charge in [-0.25, -0.2) is 0 Å². The molecule has 0 aromatic heterocycles. The van der Waals surface area contributed by atoms with Crippen molar-refractivity contribution in [2.75, 3.05) is 6.54 Å². The highest BCUT2D eigenvalue weighted by Crippen LogP contribution is 2.43. The summed E-state index contributed by atoms with van der Waals surface area (Å²) in [5, 5.41) is 19.9. The predicted octanol–water partition coefficient (Wildman–Crippen LogP) is 1.00. The van der Waals surface area contributed by atoms with Gasteiger partial charge in [0, 0.05) is 13.0 Å². The van der Waals surface area contributed by atoms with E-state index >= 15 is 0 Å². The Kier molecular flexibility index (Phi) is 5.12.